The van der Waals surface area contributed by atoms with Gasteiger partial charge in [-0.05, 0) is 42.0 Å². The van der Waals surface area contributed by atoms with E-state index in [4.69, 9.17) is 22.1 Å². The van der Waals surface area contributed by atoms with E-state index < -0.39 is 11.8 Å². The molecule has 0 heterocycles. The van der Waals surface area contributed by atoms with E-state index in [9.17, 15) is 9.59 Å². The van der Waals surface area contributed by atoms with Crippen LogP contribution in [0.15, 0.2) is 48.5 Å². The predicted molar refractivity (Wildman–Crippen MR) is 76.0 cm³/mol. The Hall–Kier alpha value is -2.33. The Kier molecular flexibility index (Phi) is 4.38. The Morgan fingerprint density at radius 3 is 2.00 bits per heavy atom. The van der Waals surface area contributed by atoms with Gasteiger partial charge in [0.2, 0.25) is 5.91 Å². The van der Waals surface area contributed by atoms with Crippen molar-refractivity contribution in [3.63, 3.8) is 0 Å². The average Bonchev–Trinajstić information content (AvgIpc) is 2.44. The van der Waals surface area contributed by atoms with Crippen LogP contribution in [0.3, 0.4) is 0 Å². The third-order valence-electron chi connectivity index (χ3n) is 2.73. The first-order valence-corrected chi connectivity index (χ1v) is 6.26. The van der Waals surface area contributed by atoms with Crippen molar-refractivity contribution >= 4 is 23.8 Å². The molecular formula is C15H12ClNO3. The zero-order valence-corrected chi connectivity index (χ0v) is 11.2. The van der Waals surface area contributed by atoms with Gasteiger partial charge in [-0.15, -0.1) is 0 Å². The Balaban J connectivity index is 2.14. The Bertz CT molecular complexity index is 608. The lowest BCUT2D eigenvalue weighted by Gasteiger charge is -2.09. The average molecular weight is 290 g/mol. The summed E-state index contributed by atoms with van der Waals surface area (Å²) in [5, 5.41) is 0.628. The van der Waals surface area contributed by atoms with Gasteiger partial charge in [-0.25, -0.2) is 0 Å². The topological polar surface area (TPSA) is 69.4 Å². The van der Waals surface area contributed by atoms with E-state index in [2.05, 4.69) is 0 Å². The molecule has 1 atom stereocenters. The van der Waals surface area contributed by atoms with Crippen LogP contribution < -0.4 is 10.5 Å². The quantitative estimate of drug-likeness (QED) is 0.679. The molecule has 4 nitrogen and oxygen atoms in total. The summed E-state index contributed by atoms with van der Waals surface area (Å²) in [5.41, 5.74) is 5.68. The van der Waals surface area contributed by atoms with Crippen molar-refractivity contribution in [2.75, 3.05) is 0 Å². The predicted octanol–water partition coefficient (Wildman–Crippen LogP) is 2.90. The van der Waals surface area contributed by atoms with Crippen molar-refractivity contribution in [3.8, 4) is 11.5 Å². The summed E-state index contributed by atoms with van der Waals surface area (Å²) >= 11 is 5.78. The van der Waals surface area contributed by atoms with Crippen molar-refractivity contribution in [1.82, 2.24) is 0 Å². The van der Waals surface area contributed by atoms with Crippen LogP contribution in [0, 0.1) is 0 Å². The molecule has 0 aliphatic rings. The molecule has 0 saturated carbocycles. The van der Waals surface area contributed by atoms with E-state index >= 15 is 0 Å². The number of benzene rings is 2. The smallest absolute Gasteiger partial charge is 0.232 e. The fourth-order valence-electron chi connectivity index (χ4n) is 1.69. The fourth-order valence-corrected chi connectivity index (χ4v) is 1.82. The molecule has 2 rings (SSSR count). The number of rotatable bonds is 5. The molecular weight excluding hydrogens is 278 g/mol. The van der Waals surface area contributed by atoms with Gasteiger partial charge in [-0.3, -0.25) is 4.79 Å². The van der Waals surface area contributed by atoms with Crippen LogP contribution in [-0.2, 0) is 9.59 Å². The first kappa shape index (κ1) is 14.1. The van der Waals surface area contributed by atoms with Crippen molar-refractivity contribution in [3.05, 3.63) is 59.1 Å². The molecule has 2 N–H and O–H groups in total. The number of amides is 1. The highest BCUT2D eigenvalue weighted by Crippen LogP contribution is 2.24. The summed E-state index contributed by atoms with van der Waals surface area (Å²) in [6.45, 7) is 0. The number of primary amides is 1. The molecule has 0 aromatic heterocycles. The lowest BCUT2D eigenvalue weighted by Crippen LogP contribution is -2.22. The van der Waals surface area contributed by atoms with E-state index in [0.29, 0.717) is 28.4 Å². The van der Waals surface area contributed by atoms with E-state index in [-0.39, 0.29) is 0 Å². The molecule has 1 unspecified atom stereocenters. The van der Waals surface area contributed by atoms with Crippen molar-refractivity contribution < 1.29 is 14.3 Å². The van der Waals surface area contributed by atoms with Gasteiger partial charge in [0.05, 0.1) is 0 Å². The van der Waals surface area contributed by atoms with Crippen LogP contribution in [0.5, 0.6) is 11.5 Å². The molecule has 0 aliphatic carbocycles. The molecule has 0 saturated heterocycles. The van der Waals surface area contributed by atoms with Crippen LogP contribution in [0.25, 0.3) is 0 Å². The van der Waals surface area contributed by atoms with Gasteiger partial charge in [0, 0.05) is 5.02 Å². The zero-order chi connectivity index (χ0) is 14.5. The standard InChI is InChI=1S/C15H12ClNO3/c16-11-3-7-13(8-4-11)20-12-5-1-10(2-6-12)14(9-18)15(17)19/h1-9,14H,(H2,17,19). The van der Waals surface area contributed by atoms with Gasteiger partial charge in [0.25, 0.3) is 0 Å². The van der Waals surface area contributed by atoms with E-state index in [1.54, 1.807) is 48.5 Å². The fraction of sp³-hybridized carbons (Fsp3) is 0.0667. The summed E-state index contributed by atoms with van der Waals surface area (Å²) in [7, 11) is 0. The molecule has 5 heteroatoms. The maximum absolute atomic E-state index is 11.1. The number of nitrogens with two attached hydrogens (primary N) is 1. The molecule has 2 aromatic rings. The second-order valence-electron chi connectivity index (χ2n) is 4.14. The van der Waals surface area contributed by atoms with Crippen LogP contribution in [-0.4, -0.2) is 12.2 Å². The van der Waals surface area contributed by atoms with Gasteiger partial charge in [-0.2, -0.15) is 0 Å². The molecule has 1 amide bonds. The largest absolute Gasteiger partial charge is 0.457 e. The number of halogens is 1. The first-order valence-electron chi connectivity index (χ1n) is 5.88. The number of ether oxygens (including phenoxy) is 1. The minimum Gasteiger partial charge on any atom is -0.457 e. The van der Waals surface area contributed by atoms with Crippen LogP contribution in [0.1, 0.15) is 11.5 Å². The minimum absolute atomic E-state index is 0.525. The summed E-state index contributed by atoms with van der Waals surface area (Å²) in [6.07, 6.45) is 0.525. The number of carbonyl (C=O) groups excluding carboxylic acids is 2. The van der Waals surface area contributed by atoms with Crippen molar-refractivity contribution in [2.45, 2.75) is 5.92 Å². The van der Waals surface area contributed by atoms with Gasteiger partial charge >= 0.3 is 0 Å². The highest BCUT2D eigenvalue weighted by molar-refractivity contribution is 6.30. The second kappa shape index (κ2) is 6.21. The Labute approximate surface area is 121 Å². The zero-order valence-electron chi connectivity index (χ0n) is 10.5. The van der Waals surface area contributed by atoms with Crippen LogP contribution >= 0.6 is 11.6 Å². The summed E-state index contributed by atoms with van der Waals surface area (Å²) < 4.78 is 5.60. The number of hydrogen-bond acceptors (Lipinski definition) is 3. The molecule has 0 bridgehead atoms. The Morgan fingerprint density at radius 1 is 1.05 bits per heavy atom. The number of hydrogen-bond donors (Lipinski definition) is 1. The highest BCUT2D eigenvalue weighted by Gasteiger charge is 2.16. The lowest BCUT2D eigenvalue weighted by atomic mass is 10.0. The number of carbonyl (C=O) groups is 2. The van der Waals surface area contributed by atoms with E-state index in [1.165, 1.54) is 0 Å². The van der Waals surface area contributed by atoms with Crippen LogP contribution in [0.2, 0.25) is 5.02 Å². The SMILES string of the molecule is NC(=O)C(C=O)c1ccc(Oc2ccc(Cl)cc2)cc1. The van der Waals surface area contributed by atoms with Crippen molar-refractivity contribution in [1.29, 1.82) is 0 Å². The summed E-state index contributed by atoms with van der Waals surface area (Å²) in [5.74, 6) is -0.375. The minimum atomic E-state index is -0.931. The third-order valence-corrected chi connectivity index (χ3v) is 2.98. The molecule has 0 radical (unpaired) electrons. The molecule has 0 fully saturated rings. The van der Waals surface area contributed by atoms with Gasteiger partial charge in [-0.1, -0.05) is 23.7 Å². The van der Waals surface area contributed by atoms with E-state index in [1.807, 2.05) is 0 Å². The van der Waals surface area contributed by atoms with Crippen molar-refractivity contribution in [2.24, 2.45) is 5.73 Å². The first-order chi connectivity index (χ1) is 9.60. The van der Waals surface area contributed by atoms with Crippen LogP contribution in [0.4, 0.5) is 0 Å². The monoisotopic (exact) mass is 289 g/mol. The normalized spacial score (nSPS) is 11.7. The number of aldehydes is 1. The molecule has 20 heavy (non-hydrogen) atoms. The summed E-state index contributed by atoms with van der Waals surface area (Å²) in [4.78, 5) is 21.9. The molecule has 0 aliphatic heterocycles. The maximum Gasteiger partial charge on any atom is 0.232 e. The van der Waals surface area contributed by atoms with Gasteiger partial charge in [0.1, 0.15) is 23.7 Å². The molecule has 0 spiro atoms. The van der Waals surface area contributed by atoms with Gasteiger partial charge < -0.3 is 15.3 Å². The van der Waals surface area contributed by atoms with E-state index in [0.717, 1.165) is 0 Å². The third kappa shape index (κ3) is 3.36. The Morgan fingerprint density at radius 2 is 1.55 bits per heavy atom. The highest BCUT2D eigenvalue weighted by atomic mass is 35.5. The molecule has 102 valence electrons. The van der Waals surface area contributed by atoms with Gasteiger partial charge in [0.15, 0.2) is 0 Å². The maximum atomic E-state index is 11.1. The molecule has 2 aromatic carbocycles. The lowest BCUT2D eigenvalue weighted by molar-refractivity contribution is -0.123. The summed E-state index contributed by atoms with van der Waals surface area (Å²) in [6, 6.07) is 13.5. The second-order valence-corrected chi connectivity index (χ2v) is 4.58.